The van der Waals surface area contributed by atoms with E-state index in [2.05, 4.69) is 31.3 Å². The maximum Gasteiger partial charge on any atom is 0.139 e. The molecule has 1 aliphatic heterocycles. The van der Waals surface area contributed by atoms with Crippen molar-refractivity contribution < 1.29 is 14.6 Å². The Hall–Kier alpha value is -1.46. The molecule has 0 amide bonds. The van der Waals surface area contributed by atoms with Crippen molar-refractivity contribution in [3.05, 3.63) is 58.1 Å². The second kappa shape index (κ2) is 9.16. The van der Waals surface area contributed by atoms with Crippen molar-refractivity contribution in [2.45, 2.75) is 44.4 Å². The zero-order valence-electron chi connectivity index (χ0n) is 15.5. The fourth-order valence-electron chi connectivity index (χ4n) is 3.13. The van der Waals surface area contributed by atoms with E-state index in [-0.39, 0.29) is 18.8 Å². The largest absolute Gasteiger partial charge is 0.489 e. The molecule has 0 radical (unpaired) electrons. The Balaban J connectivity index is 1.49. The van der Waals surface area contributed by atoms with Crippen molar-refractivity contribution in [2.24, 2.45) is 0 Å². The molecule has 1 saturated heterocycles. The lowest BCUT2D eigenvalue weighted by Crippen LogP contribution is -2.38. The molecule has 1 fully saturated rings. The number of hydrogen-bond acceptors (Lipinski definition) is 4. The van der Waals surface area contributed by atoms with Crippen LogP contribution in [0.1, 0.15) is 31.7 Å². The fourth-order valence-corrected chi connectivity index (χ4v) is 3.47. The van der Waals surface area contributed by atoms with Crippen molar-refractivity contribution in [1.82, 2.24) is 5.32 Å². The summed E-state index contributed by atoms with van der Waals surface area (Å²) >= 11 is 12.1. The van der Waals surface area contributed by atoms with E-state index >= 15 is 0 Å². The summed E-state index contributed by atoms with van der Waals surface area (Å²) in [6, 6.07) is 13.3. The molecule has 4 nitrogen and oxygen atoms in total. The van der Waals surface area contributed by atoms with Crippen molar-refractivity contribution in [3.63, 3.8) is 0 Å². The first-order chi connectivity index (χ1) is 12.9. The van der Waals surface area contributed by atoms with Gasteiger partial charge in [-0.1, -0.05) is 55.2 Å². The fraction of sp³-hybridized carbons (Fsp3) is 0.429. The highest BCUT2D eigenvalue weighted by atomic mass is 35.5. The van der Waals surface area contributed by atoms with E-state index in [0.717, 1.165) is 5.75 Å². The Morgan fingerprint density at radius 3 is 2.59 bits per heavy atom. The molecule has 0 bridgehead atoms. The summed E-state index contributed by atoms with van der Waals surface area (Å²) in [5, 5.41) is 14.5. The molecule has 6 heteroatoms. The van der Waals surface area contributed by atoms with Crippen LogP contribution in [0.3, 0.4) is 0 Å². The number of benzene rings is 2. The van der Waals surface area contributed by atoms with E-state index in [1.807, 2.05) is 12.1 Å². The molecule has 0 saturated carbocycles. The van der Waals surface area contributed by atoms with Gasteiger partial charge in [0.1, 0.15) is 35.3 Å². The third kappa shape index (κ3) is 5.29. The number of halogens is 2. The molecule has 0 aliphatic carbocycles. The molecule has 146 valence electrons. The lowest BCUT2D eigenvalue weighted by Gasteiger charge is -2.19. The maximum absolute atomic E-state index is 10.4. The number of ether oxygens (including phenoxy) is 2. The second-order valence-electron chi connectivity index (χ2n) is 7.14. The molecule has 1 heterocycles. The number of aliphatic hydroxyl groups excluding tert-OH is 1. The van der Waals surface area contributed by atoms with Gasteiger partial charge in [-0.2, -0.15) is 0 Å². The van der Waals surface area contributed by atoms with Gasteiger partial charge in [0.15, 0.2) is 0 Å². The summed E-state index contributed by atoms with van der Waals surface area (Å²) in [6.45, 7) is 5.15. The van der Waals surface area contributed by atoms with Crippen molar-refractivity contribution in [1.29, 1.82) is 0 Å². The lowest BCUT2D eigenvalue weighted by molar-refractivity contribution is 0.0756. The van der Waals surface area contributed by atoms with Gasteiger partial charge in [-0.05, 0) is 35.7 Å². The van der Waals surface area contributed by atoms with Crippen molar-refractivity contribution >= 4 is 23.2 Å². The smallest absolute Gasteiger partial charge is 0.139 e. The molecular weight excluding hydrogens is 385 g/mol. The monoisotopic (exact) mass is 409 g/mol. The highest BCUT2D eigenvalue weighted by Crippen LogP contribution is 2.31. The van der Waals surface area contributed by atoms with Crippen molar-refractivity contribution in [2.75, 3.05) is 13.2 Å². The van der Waals surface area contributed by atoms with E-state index in [1.165, 1.54) is 5.56 Å². The summed E-state index contributed by atoms with van der Waals surface area (Å²) in [5.74, 6) is 1.82. The van der Waals surface area contributed by atoms with Gasteiger partial charge in [-0.25, -0.2) is 0 Å². The van der Waals surface area contributed by atoms with E-state index < -0.39 is 6.10 Å². The van der Waals surface area contributed by atoms with E-state index in [9.17, 15) is 5.11 Å². The SMILES string of the molecule is CC(C)c1ccc(OC2CN[C@@H](C(O)COc3cccc(Cl)c3Cl)C2)cc1. The van der Waals surface area contributed by atoms with Crippen LogP contribution in [0.5, 0.6) is 11.5 Å². The van der Waals surface area contributed by atoms with Gasteiger partial charge in [-0.3, -0.25) is 0 Å². The Morgan fingerprint density at radius 1 is 1.15 bits per heavy atom. The van der Waals surface area contributed by atoms with Crippen molar-refractivity contribution in [3.8, 4) is 11.5 Å². The minimum Gasteiger partial charge on any atom is -0.489 e. The Kier molecular flexibility index (Phi) is 6.88. The highest BCUT2D eigenvalue weighted by molar-refractivity contribution is 6.42. The predicted molar refractivity (Wildman–Crippen MR) is 109 cm³/mol. The van der Waals surface area contributed by atoms with Crippen LogP contribution in [0, 0.1) is 0 Å². The van der Waals surface area contributed by atoms with Gasteiger partial charge < -0.3 is 19.9 Å². The molecule has 0 spiro atoms. The topological polar surface area (TPSA) is 50.7 Å². The van der Waals surface area contributed by atoms with Crippen LogP contribution in [0.15, 0.2) is 42.5 Å². The molecule has 2 aromatic carbocycles. The van der Waals surface area contributed by atoms with Gasteiger partial charge in [0.25, 0.3) is 0 Å². The summed E-state index contributed by atoms with van der Waals surface area (Å²) in [5.41, 5.74) is 1.29. The van der Waals surface area contributed by atoms with Gasteiger partial charge in [-0.15, -0.1) is 0 Å². The summed E-state index contributed by atoms with van der Waals surface area (Å²) in [7, 11) is 0. The summed E-state index contributed by atoms with van der Waals surface area (Å²) < 4.78 is 11.7. The van der Waals surface area contributed by atoms with Crippen LogP contribution < -0.4 is 14.8 Å². The Labute approximate surface area is 170 Å². The zero-order chi connectivity index (χ0) is 19.4. The van der Waals surface area contributed by atoms with E-state index in [0.29, 0.717) is 34.7 Å². The van der Waals surface area contributed by atoms with E-state index in [4.69, 9.17) is 32.7 Å². The summed E-state index contributed by atoms with van der Waals surface area (Å²) in [6.07, 6.45) is 0.0565. The normalized spacial score (nSPS) is 20.7. The van der Waals surface area contributed by atoms with Crippen LogP contribution >= 0.6 is 23.2 Å². The first kappa shape index (κ1) is 20.3. The standard InChI is InChI=1S/C21H25Cl2NO3/c1-13(2)14-6-8-15(9-7-14)27-16-10-18(24-11-16)19(25)12-26-20-5-3-4-17(22)21(20)23/h3-9,13,16,18-19,24-25H,10-12H2,1-2H3/t16?,18-,19?/m1/s1. The molecule has 2 N–H and O–H groups in total. The predicted octanol–water partition coefficient (Wildman–Crippen LogP) is 4.67. The first-order valence-electron chi connectivity index (χ1n) is 9.19. The average Bonchev–Trinajstić information content (AvgIpc) is 3.12. The molecule has 27 heavy (non-hydrogen) atoms. The molecular formula is C21H25Cl2NO3. The molecule has 1 aliphatic rings. The van der Waals surface area contributed by atoms with E-state index in [1.54, 1.807) is 18.2 Å². The maximum atomic E-state index is 10.4. The number of nitrogens with one attached hydrogen (secondary N) is 1. The van der Waals surface area contributed by atoms with Crippen LogP contribution in [0.4, 0.5) is 0 Å². The Morgan fingerprint density at radius 2 is 1.89 bits per heavy atom. The van der Waals surface area contributed by atoms with Gasteiger partial charge in [0, 0.05) is 19.0 Å². The van der Waals surface area contributed by atoms with Gasteiger partial charge in [0.05, 0.1) is 5.02 Å². The summed E-state index contributed by atoms with van der Waals surface area (Å²) in [4.78, 5) is 0. The minimum atomic E-state index is -0.669. The quantitative estimate of drug-likeness (QED) is 0.697. The first-order valence-corrected chi connectivity index (χ1v) is 9.94. The molecule has 3 atom stereocenters. The third-order valence-corrected chi connectivity index (χ3v) is 5.57. The lowest BCUT2D eigenvalue weighted by atomic mass is 10.0. The van der Waals surface area contributed by atoms with Crippen LogP contribution in [0.2, 0.25) is 10.0 Å². The second-order valence-corrected chi connectivity index (χ2v) is 7.93. The molecule has 3 rings (SSSR count). The highest BCUT2D eigenvalue weighted by Gasteiger charge is 2.31. The van der Waals surface area contributed by atoms with Gasteiger partial charge in [0.2, 0.25) is 0 Å². The Bertz CT molecular complexity index is 752. The number of rotatable bonds is 7. The number of hydrogen-bond donors (Lipinski definition) is 2. The van der Waals surface area contributed by atoms with Crippen LogP contribution in [-0.2, 0) is 0 Å². The number of aliphatic hydroxyl groups is 1. The van der Waals surface area contributed by atoms with Gasteiger partial charge >= 0.3 is 0 Å². The third-order valence-electron chi connectivity index (χ3n) is 4.76. The van der Waals surface area contributed by atoms with Crippen LogP contribution in [0.25, 0.3) is 0 Å². The minimum absolute atomic E-state index is 0.0179. The zero-order valence-corrected chi connectivity index (χ0v) is 17.0. The van der Waals surface area contributed by atoms with Crippen LogP contribution in [-0.4, -0.2) is 36.5 Å². The molecule has 2 aromatic rings. The molecule has 0 aromatic heterocycles. The molecule has 2 unspecified atom stereocenters. The average molecular weight is 410 g/mol.